The summed E-state index contributed by atoms with van der Waals surface area (Å²) in [5, 5.41) is 2.89. The van der Waals surface area contributed by atoms with Crippen molar-refractivity contribution in [2.24, 2.45) is 0 Å². The summed E-state index contributed by atoms with van der Waals surface area (Å²) in [6, 6.07) is 9.89. The van der Waals surface area contributed by atoms with Gasteiger partial charge in [-0.15, -0.1) is 0 Å². The smallest absolute Gasteiger partial charge is 0.252 e. The summed E-state index contributed by atoms with van der Waals surface area (Å²) in [7, 11) is -3.22. The molecular weight excluding hydrogens is 405 g/mol. The molecule has 1 aliphatic heterocycles. The van der Waals surface area contributed by atoms with Gasteiger partial charge in [-0.25, -0.2) is 17.1 Å². The molecule has 1 atom stereocenters. The normalized spacial score (nSPS) is 18.2. The zero-order chi connectivity index (χ0) is 21.9. The molecule has 2 heterocycles. The maximum absolute atomic E-state index is 13.5. The van der Waals surface area contributed by atoms with Gasteiger partial charge in [0.1, 0.15) is 5.82 Å². The van der Waals surface area contributed by atoms with E-state index in [4.69, 9.17) is 0 Å². The van der Waals surface area contributed by atoms with E-state index in [2.05, 4.69) is 10.3 Å². The standard InChI is InChI=1S/C22H28FN3O3S/c1-22(2,18-7-4-8-19(23)12-18)15-25-21(27)16-9-10-20(24-13-16)17-6-5-11-26(14-17)30(3,28)29/h4,7-10,12-13,17H,5-6,11,14-15H2,1-3H3,(H,25,27)/t17-/m1/s1. The van der Waals surface area contributed by atoms with Gasteiger partial charge in [0, 0.05) is 42.9 Å². The molecule has 0 radical (unpaired) electrons. The minimum atomic E-state index is -3.22. The topological polar surface area (TPSA) is 79.4 Å². The highest BCUT2D eigenvalue weighted by molar-refractivity contribution is 7.88. The molecule has 0 bridgehead atoms. The molecule has 1 aliphatic rings. The number of rotatable bonds is 6. The summed E-state index contributed by atoms with van der Waals surface area (Å²) in [6.07, 6.45) is 4.41. The maximum Gasteiger partial charge on any atom is 0.252 e. The van der Waals surface area contributed by atoms with Crippen molar-refractivity contribution in [3.05, 3.63) is 65.2 Å². The minimum absolute atomic E-state index is 0.0255. The molecule has 0 saturated carbocycles. The second-order valence-electron chi connectivity index (χ2n) is 8.51. The van der Waals surface area contributed by atoms with E-state index in [1.54, 1.807) is 18.2 Å². The summed E-state index contributed by atoms with van der Waals surface area (Å²) in [4.78, 5) is 17.0. The average molecular weight is 434 g/mol. The third-order valence-electron chi connectivity index (χ3n) is 5.62. The first-order chi connectivity index (χ1) is 14.1. The highest BCUT2D eigenvalue weighted by atomic mass is 32.2. The molecule has 1 saturated heterocycles. The van der Waals surface area contributed by atoms with Crippen LogP contribution in [0, 0.1) is 5.82 Å². The first-order valence-electron chi connectivity index (χ1n) is 10.0. The van der Waals surface area contributed by atoms with E-state index in [0.717, 1.165) is 24.1 Å². The lowest BCUT2D eigenvalue weighted by Gasteiger charge is -2.30. The fraction of sp³-hybridized carbons (Fsp3) is 0.455. The number of benzene rings is 1. The molecule has 1 fully saturated rings. The van der Waals surface area contributed by atoms with Gasteiger partial charge in [0.05, 0.1) is 11.8 Å². The van der Waals surface area contributed by atoms with Gasteiger partial charge in [0.15, 0.2) is 0 Å². The monoisotopic (exact) mass is 433 g/mol. The van der Waals surface area contributed by atoms with Crippen LogP contribution in [0.5, 0.6) is 0 Å². The molecule has 2 aromatic rings. The van der Waals surface area contributed by atoms with Gasteiger partial charge >= 0.3 is 0 Å². The van der Waals surface area contributed by atoms with Crippen molar-refractivity contribution >= 4 is 15.9 Å². The van der Waals surface area contributed by atoms with Crippen LogP contribution in [0.1, 0.15) is 54.2 Å². The number of sulfonamides is 1. The Morgan fingerprint density at radius 1 is 1.30 bits per heavy atom. The van der Waals surface area contributed by atoms with Gasteiger partial charge in [0.25, 0.3) is 5.91 Å². The van der Waals surface area contributed by atoms with Crippen LogP contribution in [0.25, 0.3) is 0 Å². The molecule has 3 rings (SSSR count). The number of carbonyl (C=O) groups is 1. The number of nitrogens with zero attached hydrogens (tertiary/aromatic N) is 2. The van der Waals surface area contributed by atoms with E-state index in [-0.39, 0.29) is 17.6 Å². The van der Waals surface area contributed by atoms with Crippen molar-refractivity contribution < 1.29 is 17.6 Å². The zero-order valence-corrected chi connectivity index (χ0v) is 18.4. The van der Waals surface area contributed by atoms with E-state index in [1.165, 1.54) is 28.9 Å². The second-order valence-corrected chi connectivity index (χ2v) is 10.5. The molecule has 6 nitrogen and oxygen atoms in total. The lowest BCUT2D eigenvalue weighted by Crippen LogP contribution is -2.38. The van der Waals surface area contributed by atoms with E-state index in [9.17, 15) is 17.6 Å². The Hall–Kier alpha value is -2.32. The predicted molar refractivity (Wildman–Crippen MR) is 114 cm³/mol. The van der Waals surface area contributed by atoms with Crippen LogP contribution in [0.4, 0.5) is 4.39 Å². The van der Waals surface area contributed by atoms with Gasteiger partial charge in [-0.3, -0.25) is 9.78 Å². The molecule has 0 aliphatic carbocycles. The number of piperidine rings is 1. The van der Waals surface area contributed by atoms with Crippen LogP contribution in [0.2, 0.25) is 0 Å². The molecule has 1 aromatic heterocycles. The molecule has 162 valence electrons. The van der Waals surface area contributed by atoms with Crippen LogP contribution in [-0.2, 0) is 15.4 Å². The molecular formula is C22H28FN3O3S. The van der Waals surface area contributed by atoms with E-state index >= 15 is 0 Å². The average Bonchev–Trinajstić information content (AvgIpc) is 2.72. The number of hydrogen-bond donors (Lipinski definition) is 1. The predicted octanol–water partition coefficient (Wildman–Crippen LogP) is 3.07. The molecule has 0 spiro atoms. The van der Waals surface area contributed by atoms with Gasteiger partial charge < -0.3 is 5.32 Å². The summed E-state index contributed by atoms with van der Waals surface area (Å²) in [6.45, 7) is 5.19. The number of pyridine rings is 1. The molecule has 0 unspecified atom stereocenters. The van der Waals surface area contributed by atoms with Crippen LogP contribution in [-0.4, -0.2) is 49.5 Å². The van der Waals surface area contributed by atoms with Gasteiger partial charge in [-0.1, -0.05) is 26.0 Å². The van der Waals surface area contributed by atoms with Gasteiger partial charge in [-0.2, -0.15) is 0 Å². The molecule has 1 amide bonds. The Balaban J connectivity index is 1.62. The van der Waals surface area contributed by atoms with E-state index in [1.807, 2.05) is 19.9 Å². The Bertz CT molecular complexity index is 1010. The third-order valence-corrected chi connectivity index (χ3v) is 6.89. The molecule has 1 aromatic carbocycles. The van der Waals surface area contributed by atoms with E-state index in [0.29, 0.717) is 25.2 Å². The molecule has 30 heavy (non-hydrogen) atoms. The lowest BCUT2D eigenvalue weighted by atomic mass is 9.84. The number of amides is 1. The number of hydrogen-bond acceptors (Lipinski definition) is 4. The van der Waals surface area contributed by atoms with Crippen molar-refractivity contribution in [3.63, 3.8) is 0 Å². The number of aromatic nitrogens is 1. The lowest BCUT2D eigenvalue weighted by molar-refractivity contribution is 0.0945. The largest absolute Gasteiger partial charge is 0.351 e. The quantitative estimate of drug-likeness (QED) is 0.759. The highest BCUT2D eigenvalue weighted by Crippen LogP contribution is 2.27. The van der Waals surface area contributed by atoms with Crippen LogP contribution < -0.4 is 5.32 Å². The number of halogens is 1. The summed E-state index contributed by atoms with van der Waals surface area (Å²) in [5.41, 5.74) is 1.61. The van der Waals surface area contributed by atoms with Crippen molar-refractivity contribution in [2.75, 3.05) is 25.9 Å². The van der Waals surface area contributed by atoms with E-state index < -0.39 is 15.4 Å². The Morgan fingerprint density at radius 3 is 2.70 bits per heavy atom. The zero-order valence-electron chi connectivity index (χ0n) is 17.6. The molecule has 1 N–H and O–H groups in total. The van der Waals surface area contributed by atoms with Crippen LogP contribution in [0.15, 0.2) is 42.6 Å². The Labute approximate surface area is 177 Å². The summed E-state index contributed by atoms with van der Waals surface area (Å²) in [5.74, 6) is -0.527. The Morgan fingerprint density at radius 2 is 2.07 bits per heavy atom. The van der Waals surface area contributed by atoms with Gasteiger partial charge in [-0.05, 0) is 42.7 Å². The highest BCUT2D eigenvalue weighted by Gasteiger charge is 2.28. The van der Waals surface area contributed by atoms with Crippen molar-refractivity contribution in [3.8, 4) is 0 Å². The van der Waals surface area contributed by atoms with Crippen molar-refractivity contribution in [1.82, 2.24) is 14.6 Å². The number of carbonyl (C=O) groups excluding carboxylic acids is 1. The second kappa shape index (κ2) is 8.81. The first-order valence-corrected chi connectivity index (χ1v) is 11.9. The molecule has 8 heteroatoms. The van der Waals surface area contributed by atoms with Gasteiger partial charge in [0.2, 0.25) is 10.0 Å². The Kier molecular flexibility index (Phi) is 6.57. The summed E-state index contributed by atoms with van der Waals surface area (Å²) >= 11 is 0. The van der Waals surface area contributed by atoms with Crippen LogP contribution in [0.3, 0.4) is 0 Å². The van der Waals surface area contributed by atoms with Crippen molar-refractivity contribution in [1.29, 1.82) is 0 Å². The fourth-order valence-corrected chi connectivity index (χ4v) is 4.59. The number of nitrogens with one attached hydrogen (secondary N) is 1. The summed E-state index contributed by atoms with van der Waals surface area (Å²) < 4.78 is 38.6. The van der Waals surface area contributed by atoms with Crippen LogP contribution >= 0.6 is 0 Å². The minimum Gasteiger partial charge on any atom is -0.351 e. The maximum atomic E-state index is 13.5. The van der Waals surface area contributed by atoms with Crippen molar-refractivity contribution in [2.45, 2.75) is 38.0 Å². The SMILES string of the molecule is CC(C)(CNC(=O)c1ccc([C@@H]2CCCN(S(C)(=O)=O)C2)nc1)c1cccc(F)c1. The fourth-order valence-electron chi connectivity index (χ4n) is 3.68. The third kappa shape index (κ3) is 5.43. The first kappa shape index (κ1) is 22.4.